The third-order valence-electron chi connectivity index (χ3n) is 9.85. The molecule has 3 saturated heterocycles. The SMILES string of the molecule is CCOc1ccc(NC(=O)[C@@H]2[C@H]3C(=O)N([C@@H](CO)[C@@H](C)CC)C(C(=O)NCn4nnc5ccccc54)C34CC[C@@]2(C)S4)cc1. The largest absolute Gasteiger partial charge is 0.494 e. The van der Waals surface area contributed by atoms with E-state index in [-0.39, 0.29) is 36.9 Å². The summed E-state index contributed by atoms with van der Waals surface area (Å²) in [6.07, 6.45) is 2.04. The average molecular weight is 621 g/mol. The van der Waals surface area contributed by atoms with Crippen LogP contribution in [0, 0.1) is 17.8 Å². The maximum absolute atomic E-state index is 14.5. The highest BCUT2D eigenvalue weighted by Crippen LogP contribution is 2.71. The number of hydrogen-bond donors (Lipinski definition) is 3. The fourth-order valence-electron chi connectivity index (χ4n) is 7.54. The summed E-state index contributed by atoms with van der Waals surface area (Å²) in [6, 6.07) is 13.3. The Kier molecular flexibility index (Phi) is 8.08. The van der Waals surface area contributed by atoms with Crippen LogP contribution in [0.25, 0.3) is 11.0 Å². The Morgan fingerprint density at radius 1 is 1.14 bits per heavy atom. The number of benzene rings is 2. The Balaban J connectivity index is 1.32. The number of nitrogens with zero attached hydrogens (tertiary/aromatic N) is 4. The Labute approximate surface area is 261 Å². The zero-order valence-electron chi connectivity index (χ0n) is 25.5. The predicted molar refractivity (Wildman–Crippen MR) is 168 cm³/mol. The van der Waals surface area contributed by atoms with E-state index < -0.39 is 33.4 Å². The van der Waals surface area contributed by atoms with Gasteiger partial charge in [0.1, 0.15) is 24.0 Å². The molecule has 234 valence electrons. The van der Waals surface area contributed by atoms with Gasteiger partial charge in [-0.15, -0.1) is 16.9 Å². The van der Waals surface area contributed by atoms with Crippen molar-refractivity contribution in [3.63, 3.8) is 0 Å². The molecule has 11 nitrogen and oxygen atoms in total. The molecule has 3 aliphatic heterocycles. The van der Waals surface area contributed by atoms with Crippen LogP contribution < -0.4 is 15.4 Å². The highest BCUT2D eigenvalue weighted by molar-refractivity contribution is 8.02. The van der Waals surface area contributed by atoms with Crippen molar-refractivity contribution >= 4 is 46.2 Å². The van der Waals surface area contributed by atoms with Crippen LogP contribution in [-0.2, 0) is 21.1 Å². The lowest BCUT2D eigenvalue weighted by Gasteiger charge is -2.39. The predicted octanol–water partition coefficient (Wildman–Crippen LogP) is 3.43. The number of nitrogens with one attached hydrogen (secondary N) is 2. The van der Waals surface area contributed by atoms with Crippen LogP contribution in [0.15, 0.2) is 48.5 Å². The highest BCUT2D eigenvalue weighted by atomic mass is 32.2. The van der Waals surface area contributed by atoms with Crippen LogP contribution >= 0.6 is 11.8 Å². The summed E-state index contributed by atoms with van der Waals surface area (Å²) in [6.45, 7) is 8.29. The van der Waals surface area contributed by atoms with Gasteiger partial charge in [0.25, 0.3) is 0 Å². The molecule has 3 amide bonds. The van der Waals surface area contributed by atoms with Gasteiger partial charge in [-0.2, -0.15) is 0 Å². The van der Waals surface area contributed by atoms with Crippen LogP contribution in [0.3, 0.4) is 0 Å². The molecule has 12 heteroatoms. The molecule has 3 aromatic rings. The number of anilines is 1. The molecule has 0 radical (unpaired) electrons. The fourth-order valence-corrected chi connectivity index (χ4v) is 9.88. The van der Waals surface area contributed by atoms with Gasteiger partial charge in [0.05, 0.1) is 41.4 Å². The average Bonchev–Trinajstić information content (AvgIpc) is 3.73. The van der Waals surface area contributed by atoms with Crippen molar-refractivity contribution in [2.24, 2.45) is 17.8 Å². The van der Waals surface area contributed by atoms with Crippen molar-refractivity contribution in [1.82, 2.24) is 25.2 Å². The second kappa shape index (κ2) is 11.7. The van der Waals surface area contributed by atoms with E-state index in [1.807, 2.05) is 52.0 Å². The zero-order valence-corrected chi connectivity index (χ0v) is 26.3. The van der Waals surface area contributed by atoms with E-state index in [0.717, 1.165) is 17.5 Å². The van der Waals surface area contributed by atoms with Gasteiger partial charge in [-0.1, -0.05) is 37.6 Å². The molecule has 7 atom stereocenters. The number of likely N-dealkylation sites (tertiary alicyclic amines) is 1. The van der Waals surface area contributed by atoms with Gasteiger partial charge in [-0.25, -0.2) is 4.68 Å². The molecule has 2 aromatic carbocycles. The second-order valence-corrected chi connectivity index (χ2v) is 14.2. The lowest BCUT2D eigenvalue weighted by molar-refractivity contribution is -0.143. The number of carbonyl (C=O) groups excluding carboxylic acids is 3. The van der Waals surface area contributed by atoms with Gasteiger partial charge in [0.2, 0.25) is 17.7 Å². The fraction of sp³-hybridized carbons (Fsp3) is 0.531. The number of fused-ring (bicyclic) bond motifs is 2. The number of carbonyl (C=O) groups is 3. The van der Waals surface area contributed by atoms with Crippen molar-refractivity contribution in [2.45, 2.75) is 75.2 Å². The van der Waals surface area contributed by atoms with Gasteiger partial charge in [-0.05, 0) is 69.0 Å². The van der Waals surface area contributed by atoms with E-state index in [2.05, 4.69) is 20.9 Å². The molecule has 2 bridgehead atoms. The third-order valence-corrected chi connectivity index (χ3v) is 11.8. The topological polar surface area (TPSA) is 139 Å². The minimum Gasteiger partial charge on any atom is -0.494 e. The number of aromatic nitrogens is 3. The first-order valence-corrected chi connectivity index (χ1v) is 16.2. The number of hydrogen-bond acceptors (Lipinski definition) is 8. The summed E-state index contributed by atoms with van der Waals surface area (Å²) >= 11 is 1.60. The maximum atomic E-state index is 14.5. The molecular weight excluding hydrogens is 580 g/mol. The molecule has 0 saturated carbocycles. The van der Waals surface area contributed by atoms with Gasteiger partial charge in [0.15, 0.2) is 0 Å². The minimum atomic E-state index is -0.851. The van der Waals surface area contributed by atoms with Crippen molar-refractivity contribution < 1.29 is 24.2 Å². The van der Waals surface area contributed by atoms with Gasteiger partial charge in [0, 0.05) is 10.4 Å². The van der Waals surface area contributed by atoms with Crippen molar-refractivity contribution in [1.29, 1.82) is 0 Å². The van der Waals surface area contributed by atoms with E-state index in [1.54, 1.807) is 45.6 Å². The molecule has 4 heterocycles. The Bertz CT molecular complexity index is 1560. The molecular formula is C32H40N6O5S. The van der Waals surface area contributed by atoms with Crippen LogP contribution in [0.5, 0.6) is 5.75 Å². The monoisotopic (exact) mass is 620 g/mol. The third kappa shape index (κ3) is 4.82. The van der Waals surface area contributed by atoms with Gasteiger partial charge < -0.3 is 25.4 Å². The van der Waals surface area contributed by atoms with E-state index >= 15 is 0 Å². The molecule has 1 aromatic heterocycles. The normalized spacial score (nSPS) is 28.6. The maximum Gasteiger partial charge on any atom is 0.245 e. The molecule has 1 spiro atoms. The summed E-state index contributed by atoms with van der Waals surface area (Å²) in [5.41, 5.74) is 2.12. The number of rotatable bonds is 11. The van der Waals surface area contributed by atoms with E-state index in [4.69, 9.17) is 4.74 Å². The molecule has 44 heavy (non-hydrogen) atoms. The molecule has 2 unspecified atom stereocenters. The van der Waals surface area contributed by atoms with Crippen molar-refractivity contribution in [2.75, 3.05) is 18.5 Å². The van der Waals surface area contributed by atoms with Gasteiger partial charge >= 0.3 is 0 Å². The molecule has 3 fully saturated rings. The highest BCUT2D eigenvalue weighted by Gasteiger charge is 2.77. The number of ether oxygens (including phenoxy) is 1. The summed E-state index contributed by atoms with van der Waals surface area (Å²) in [5.74, 6) is -1.47. The smallest absolute Gasteiger partial charge is 0.245 e. The van der Waals surface area contributed by atoms with E-state index in [0.29, 0.717) is 30.9 Å². The number of amides is 3. The van der Waals surface area contributed by atoms with Crippen molar-refractivity contribution in [3.05, 3.63) is 48.5 Å². The lowest BCUT2D eigenvalue weighted by atomic mass is 9.66. The first-order valence-electron chi connectivity index (χ1n) is 15.4. The van der Waals surface area contributed by atoms with Gasteiger partial charge in [-0.3, -0.25) is 14.4 Å². The lowest BCUT2D eigenvalue weighted by Crippen LogP contribution is -2.58. The quantitative estimate of drug-likeness (QED) is 0.297. The molecule has 6 rings (SSSR count). The van der Waals surface area contributed by atoms with Crippen LogP contribution in [0.1, 0.15) is 47.0 Å². The summed E-state index contributed by atoms with van der Waals surface area (Å²) in [5, 5.41) is 25.0. The minimum absolute atomic E-state index is 0.0531. The Morgan fingerprint density at radius 2 is 1.89 bits per heavy atom. The molecule has 3 N–H and O–H groups in total. The van der Waals surface area contributed by atoms with Crippen LogP contribution in [0.2, 0.25) is 0 Å². The van der Waals surface area contributed by atoms with E-state index in [9.17, 15) is 19.5 Å². The Hall–Kier alpha value is -3.64. The Morgan fingerprint density at radius 3 is 2.59 bits per heavy atom. The zero-order chi connectivity index (χ0) is 31.2. The first kappa shape index (κ1) is 30.4. The summed E-state index contributed by atoms with van der Waals surface area (Å²) in [4.78, 5) is 44.5. The number of aliphatic hydroxyl groups is 1. The summed E-state index contributed by atoms with van der Waals surface area (Å²) < 4.78 is 5.83. The number of para-hydroxylation sites is 1. The standard InChI is InChI=1S/C32H40N6O5S/c1-5-19(3)24(17-39)38-27(29(41)33-18-37-23-10-8-7-9-22(23)35-36-37)32-16-15-31(4,44-32)25(26(32)30(38)42)28(40)34-20-11-13-21(14-12-20)43-6-2/h7-14,19,24-27,39H,5-6,15-18H2,1-4H3,(H,33,41)(H,34,40)/t19-,24-,25-,26-,27?,31+,32?/m0/s1. The summed E-state index contributed by atoms with van der Waals surface area (Å²) in [7, 11) is 0. The number of aliphatic hydroxyl groups excluding tert-OH is 1. The number of thioether (sulfide) groups is 1. The second-order valence-electron chi connectivity index (χ2n) is 12.3. The first-order chi connectivity index (χ1) is 21.2. The molecule has 0 aliphatic carbocycles. The van der Waals surface area contributed by atoms with Crippen LogP contribution in [0.4, 0.5) is 5.69 Å². The molecule has 3 aliphatic rings. The van der Waals surface area contributed by atoms with Crippen LogP contribution in [-0.4, -0.2) is 77.5 Å². The van der Waals surface area contributed by atoms with E-state index in [1.165, 1.54) is 0 Å². The van der Waals surface area contributed by atoms with Crippen molar-refractivity contribution in [3.8, 4) is 5.75 Å².